The van der Waals surface area contributed by atoms with Crippen LogP contribution in [-0.2, 0) is 4.79 Å². The van der Waals surface area contributed by atoms with Crippen molar-refractivity contribution in [3.05, 3.63) is 35.9 Å². The van der Waals surface area contributed by atoms with Gasteiger partial charge < -0.3 is 20.2 Å². The molecule has 0 bridgehead atoms. The van der Waals surface area contributed by atoms with Crippen LogP contribution < -0.4 is 5.32 Å². The topological polar surface area (TPSA) is 72.9 Å². The highest BCUT2D eigenvalue weighted by Gasteiger charge is 2.31. The van der Waals surface area contributed by atoms with Crippen LogP contribution in [0.2, 0.25) is 0 Å². The first kappa shape index (κ1) is 17.9. The van der Waals surface area contributed by atoms with Gasteiger partial charge in [0.25, 0.3) is 5.91 Å². The lowest BCUT2D eigenvalue weighted by atomic mass is 10.0. The average Bonchev–Trinajstić information content (AvgIpc) is 3.15. The van der Waals surface area contributed by atoms with E-state index in [0.29, 0.717) is 31.5 Å². The summed E-state index contributed by atoms with van der Waals surface area (Å²) in [6, 6.07) is 8.67. The van der Waals surface area contributed by atoms with Gasteiger partial charge in [-0.3, -0.25) is 9.59 Å². The van der Waals surface area contributed by atoms with Gasteiger partial charge in [0.15, 0.2) is 0 Å². The Hall–Kier alpha value is -1.92. The number of carbonyl (C=O) groups is 2. The Morgan fingerprint density at radius 2 is 1.84 bits per heavy atom. The van der Waals surface area contributed by atoms with E-state index in [-0.39, 0.29) is 17.9 Å². The van der Waals surface area contributed by atoms with Gasteiger partial charge in [0.2, 0.25) is 5.91 Å². The molecule has 2 heterocycles. The summed E-state index contributed by atoms with van der Waals surface area (Å²) in [7, 11) is 0. The Morgan fingerprint density at radius 3 is 2.52 bits per heavy atom. The van der Waals surface area contributed by atoms with Crippen LogP contribution in [-0.4, -0.2) is 71.6 Å². The number of amides is 2. The van der Waals surface area contributed by atoms with Gasteiger partial charge in [0.05, 0.1) is 12.1 Å². The van der Waals surface area contributed by atoms with Gasteiger partial charge in [0, 0.05) is 31.6 Å². The lowest BCUT2D eigenvalue weighted by molar-refractivity contribution is -0.135. The molecule has 2 amide bonds. The summed E-state index contributed by atoms with van der Waals surface area (Å²) in [5.41, 5.74) is 0.582. The van der Waals surface area contributed by atoms with E-state index >= 15 is 0 Å². The van der Waals surface area contributed by atoms with Crippen LogP contribution in [0.4, 0.5) is 0 Å². The second kappa shape index (κ2) is 8.45. The Kier molecular flexibility index (Phi) is 6.04. The van der Waals surface area contributed by atoms with Crippen LogP contribution in [0, 0.1) is 0 Å². The zero-order chi connectivity index (χ0) is 17.6. The summed E-state index contributed by atoms with van der Waals surface area (Å²) in [5, 5.41) is 13.2. The van der Waals surface area contributed by atoms with Crippen molar-refractivity contribution in [3.8, 4) is 0 Å². The maximum absolute atomic E-state index is 12.4. The van der Waals surface area contributed by atoms with E-state index in [2.05, 4.69) is 10.2 Å². The molecule has 0 spiro atoms. The molecule has 6 heteroatoms. The highest BCUT2D eigenvalue weighted by molar-refractivity contribution is 5.94. The molecule has 2 saturated heterocycles. The zero-order valence-corrected chi connectivity index (χ0v) is 14.6. The van der Waals surface area contributed by atoms with E-state index in [0.717, 1.165) is 19.6 Å². The third kappa shape index (κ3) is 4.80. The second-order valence-electron chi connectivity index (χ2n) is 6.94. The van der Waals surface area contributed by atoms with E-state index in [1.54, 1.807) is 17.0 Å². The van der Waals surface area contributed by atoms with Crippen molar-refractivity contribution in [2.45, 2.75) is 37.8 Å². The molecule has 2 fully saturated rings. The number of β-amino-alcohol motifs (C(OH)–C–C–N with tert-alkyl or cyclic N) is 1. The average molecular weight is 345 g/mol. The molecule has 6 nitrogen and oxygen atoms in total. The van der Waals surface area contributed by atoms with Crippen molar-refractivity contribution in [3.63, 3.8) is 0 Å². The minimum atomic E-state index is -0.725. The Morgan fingerprint density at radius 1 is 1.12 bits per heavy atom. The monoisotopic (exact) mass is 345 g/mol. The molecule has 25 heavy (non-hydrogen) atoms. The molecule has 2 N–H and O–H groups in total. The Bertz CT molecular complexity index is 587. The molecule has 1 aromatic carbocycles. The van der Waals surface area contributed by atoms with Crippen LogP contribution in [0.5, 0.6) is 0 Å². The molecule has 2 aliphatic heterocycles. The first-order chi connectivity index (χ1) is 12.1. The molecule has 136 valence electrons. The highest BCUT2D eigenvalue weighted by atomic mass is 16.3. The van der Waals surface area contributed by atoms with Crippen molar-refractivity contribution >= 4 is 11.8 Å². The SMILES string of the molecule is O=C(N[C@@H]1CCN(C(=O)CCN2CCCC2)C[C@H]1O)c1ccccc1. The van der Waals surface area contributed by atoms with Crippen LogP contribution in [0.15, 0.2) is 30.3 Å². The van der Waals surface area contributed by atoms with E-state index < -0.39 is 6.10 Å². The summed E-state index contributed by atoms with van der Waals surface area (Å²) >= 11 is 0. The van der Waals surface area contributed by atoms with Crippen LogP contribution in [0.3, 0.4) is 0 Å². The van der Waals surface area contributed by atoms with Gasteiger partial charge in [-0.2, -0.15) is 0 Å². The Balaban J connectivity index is 1.45. The highest BCUT2D eigenvalue weighted by Crippen LogP contribution is 2.14. The normalized spacial score (nSPS) is 24.3. The number of aliphatic hydroxyl groups is 1. The number of hydrogen-bond donors (Lipinski definition) is 2. The first-order valence-electron chi connectivity index (χ1n) is 9.17. The van der Waals surface area contributed by atoms with Crippen molar-refractivity contribution in [2.75, 3.05) is 32.7 Å². The van der Waals surface area contributed by atoms with Gasteiger partial charge in [-0.25, -0.2) is 0 Å². The van der Waals surface area contributed by atoms with E-state index in [1.807, 2.05) is 18.2 Å². The Labute approximate surface area is 148 Å². The lowest BCUT2D eigenvalue weighted by Gasteiger charge is -2.36. The first-order valence-corrected chi connectivity index (χ1v) is 9.17. The predicted octanol–water partition coefficient (Wildman–Crippen LogP) is 0.864. The minimum absolute atomic E-state index is 0.0961. The number of rotatable bonds is 5. The minimum Gasteiger partial charge on any atom is -0.389 e. The number of aliphatic hydroxyl groups excluding tert-OH is 1. The van der Waals surface area contributed by atoms with Crippen LogP contribution >= 0.6 is 0 Å². The third-order valence-electron chi connectivity index (χ3n) is 5.13. The van der Waals surface area contributed by atoms with E-state index in [9.17, 15) is 14.7 Å². The molecule has 0 radical (unpaired) electrons. The van der Waals surface area contributed by atoms with Crippen molar-refractivity contribution in [1.82, 2.24) is 15.1 Å². The quantitative estimate of drug-likeness (QED) is 0.830. The largest absolute Gasteiger partial charge is 0.389 e. The number of benzene rings is 1. The van der Waals surface area contributed by atoms with E-state index in [1.165, 1.54) is 12.8 Å². The van der Waals surface area contributed by atoms with Crippen LogP contribution in [0.1, 0.15) is 36.0 Å². The van der Waals surface area contributed by atoms with Crippen molar-refractivity contribution in [2.24, 2.45) is 0 Å². The standard InChI is InChI=1S/C19H27N3O3/c23-17-14-22(18(24)9-12-21-10-4-5-11-21)13-8-16(17)20-19(25)15-6-2-1-3-7-15/h1-3,6-7,16-17,23H,4-5,8-14H2,(H,20,25)/t16-,17-/m1/s1. The number of piperidine rings is 1. The molecule has 2 atom stereocenters. The summed E-state index contributed by atoms with van der Waals surface area (Å²) in [4.78, 5) is 28.6. The zero-order valence-electron chi connectivity index (χ0n) is 14.6. The van der Waals surface area contributed by atoms with E-state index in [4.69, 9.17) is 0 Å². The summed E-state index contributed by atoms with van der Waals surface area (Å²) in [6.07, 6.45) is 2.80. The molecule has 0 saturated carbocycles. The molecule has 0 aromatic heterocycles. The molecule has 0 aliphatic carbocycles. The molecule has 3 rings (SSSR count). The lowest BCUT2D eigenvalue weighted by Crippen LogP contribution is -2.55. The fourth-order valence-electron chi connectivity index (χ4n) is 3.59. The summed E-state index contributed by atoms with van der Waals surface area (Å²) < 4.78 is 0. The molecule has 0 unspecified atom stereocenters. The summed E-state index contributed by atoms with van der Waals surface area (Å²) in [5.74, 6) is -0.0859. The number of likely N-dealkylation sites (tertiary alicyclic amines) is 2. The summed E-state index contributed by atoms with van der Waals surface area (Å²) in [6.45, 7) is 3.85. The molecular weight excluding hydrogens is 318 g/mol. The molecular formula is C19H27N3O3. The van der Waals surface area contributed by atoms with Crippen LogP contribution in [0.25, 0.3) is 0 Å². The number of hydrogen-bond acceptors (Lipinski definition) is 4. The second-order valence-corrected chi connectivity index (χ2v) is 6.94. The van der Waals surface area contributed by atoms with Gasteiger partial charge in [-0.05, 0) is 44.5 Å². The van der Waals surface area contributed by atoms with Crippen molar-refractivity contribution in [1.29, 1.82) is 0 Å². The number of nitrogens with one attached hydrogen (secondary N) is 1. The fraction of sp³-hybridized carbons (Fsp3) is 0.579. The third-order valence-corrected chi connectivity index (χ3v) is 5.13. The number of carbonyl (C=O) groups excluding carboxylic acids is 2. The maximum Gasteiger partial charge on any atom is 0.251 e. The molecule has 1 aromatic rings. The van der Waals surface area contributed by atoms with Gasteiger partial charge >= 0.3 is 0 Å². The van der Waals surface area contributed by atoms with Gasteiger partial charge in [0.1, 0.15) is 0 Å². The smallest absolute Gasteiger partial charge is 0.251 e. The van der Waals surface area contributed by atoms with Crippen molar-refractivity contribution < 1.29 is 14.7 Å². The fourth-order valence-corrected chi connectivity index (χ4v) is 3.59. The predicted molar refractivity (Wildman–Crippen MR) is 95.2 cm³/mol. The molecule has 2 aliphatic rings. The van der Waals surface area contributed by atoms with Gasteiger partial charge in [-0.1, -0.05) is 18.2 Å². The van der Waals surface area contributed by atoms with Gasteiger partial charge in [-0.15, -0.1) is 0 Å². The maximum atomic E-state index is 12.4. The number of nitrogens with zero attached hydrogens (tertiary/aromatic N) is 2.